The monoisotopic (exact) mass is 305 g/mol. The summed E-state index contributed by atoms with van der Waals surface area (Å²) >= 11 is 0. The van der Waals surface area contributed by atoms with Gasteiger partial charge in [-0.25, -0.2) is 12.8 Å². The minimum absolute atomic E-state index is 0.0832. The highest BCUT2D eigenvalue weighted by molar-refractivity contribution is 8.14. The maximum Gasteiger partial charge on any atom is 0.263 e. The maximum atomic E-state index is 13.2. The molecule has 0 N–H and O–H groups in total. The highest BCUT2D eigenvalue weighted by Crippen LogP contribution is 2.28. The number of ether oxygens (including phenoxy) is 1. The molecule has 7 heteroatoms. The fraction of sp³-hybridized carbons (Fsp3) is 0.333. The molecule has 104 valence electrons. The molecule has 0 saturated heterocycles. The number of aromatic nitrogens is 1. The number of hydrogen-bond acceptors (Lipinski definition) is 3. The highest BCUT2D eigenvalue weighted by atomic mass is 35.7. The zero-order valence-corrected chi connectivity index (χ0v) is 11.8. The van der Waals surface area contributed by atoms with Crippen molar-refractivity contribution in [2.75, 3.05) is 13.2 Å². The summed E-state index contributed by atoms with van der Waals surface area (Å²) in [7, 11) is 1.46. The molecule has 1 aromatic carbocycles. The fourth-order valence-corrected chi connectivity index (χ4v) is 2.97. The van der Waals surface area contributed by atoms with E-state index in [0.29, 0.717) is 25.3 Å². The van der Waals surface area contributed by atoms with Crippen LogP contribution in [0.2, 0.25) is 0 Å². The van der Waals surface area contributed by atoms with Gasteiger partial charge in [0.1, 0.15) is 10.7 Å². The largest absolute Gasteiger partial charge is 0.380 e. The summed E-state index contributed by atoms with van der Waals surface area (Å²) in [6, 6.07) is 3.98. The molecular weight excluding hydrogens is 293 g/mol. The van der Waals surface area contributed by atoms with Gasteiger partial charge in [0.25, 0.3) is 9.05 Å². The van der Waals surface area contributed by atoms with Crippen LogP contribution in [-0.2, 0) is 20.3 Å². The van der Waals surface area contributed by atoms with Crippen molar-refractivity contribution in [2.24, 2.45) is 0 Å². The van der Waals surface area contributed by atoms with E-state index in [1.807, 2.05) is 6.92 Å². The van der Waals surface area contributed by atoms with Crippen molar-refractivity contribution in [3.63, 3.8) is 0 Å². The Morgan fingerprint density at radius 1 is 1.42 bits per heavy atom. The quantitative estimate of drug-likeness (QED) is 0.630. The third-order valence-electron chi connectivity index (χ3n) is 2.75. The van der Waals surface area contributed by atoms with Crippen LogP contribution >= 0.6 is 10.7 Å². The van der Waals surface area contributed by atoms with Crippen LogP contribution in [0.15, 0.2) is 29.3 Å². The van der Waals surface area contributed by atoms with Crippen molar-refractivity contribution in [1.29, 1.82) is 0 Å². The number of nitrogens with zero attached hydrogens (tertiary/aromatic N) is 1. The van der Waals surface area contributed by atoms with Crippen LogP contribution in [0.3, 0.4) is 0 Å². The predicted octanol–water partition coefficient (Wildman–Crippen LogP) is 2.74. The molecule has 19 heavy (non-hydrogen) atoms. The minimum atomic E-state index is -3.91. The molecular formula is C12H13ClFNO3S. The van der Waals surface area contributed by atoms with E-state index in [0.717, 1.165) is 0 Å². The van der Waals surface area contributed by atoms with Gasteiger partial charge in [-0.3, -0.25) is 0 Å². The van der Waals surface area contributed by atoms with E-state index in [2.05, 4.69) is 0 Å². The van der Waals surface area contributed by atoms with Gasteiger partial charge in [-0.1, -0.05) is 0 Å². The summed E-state index contributed by atoms with van der Waals surface area (Å²) in [4.78, 5) is -0.0832. The number of halogens is 2. The molecule has 2 aromatic rings. The van der Waals surface area contributed by atoms with E-state index >= 15 is 0 Å². The molecule has 0 aliphatic heterocycles. The molecule has 0 aliphatic rings. The van der Waals surface area contributed by atoms with Crippen molar-refractivity contribution in [2.45, 2.75) is 18.4 Å². The summed E-state index contributed by atoms with van der Waals surface area (Å²) in [6.07, 6.45) is 1.41. The Balaban J connectivity index is 2.54. The minimum Gasteiger partial charge on any atom is -0.380 e. The van der Waals surface area contributed by atoms with Gasteiger partial charge >= 0.3 is 0 Å². The lowest BCUT2D eigenvalue weighted by atomic mass is 10.2. The Labute approximate surface area is 115 Å². The average Bonchev–Trinajstić information content (AvgIpc) is 2.67. The van der Waals surface area contributed by atoms with E-state index in [9.17, 15) is 12.8 Å². The Kier molecular flexibility index (Phi) is 4.13. The Morgan fingerprint density at radius 3 is 2.79 bits per heavy atom. The summed E-state index contributed by atoms with van der Waals surface area (Å²) < 4.78 is 43.2. The SMILES string of the molecule is CCOCCn1cc(S(=O)(=O)Cl)c2cc(F)ccc21. The van der Waals surface area contributed by atoms with Crippen LogP contribution in [0.4, 0.5) is 4.39 Å². The van der Waals surface area contributed by atoms with Crippen LogP contribution in [0.25, 0.3) is 10.9 Å². The summed E-state index contributed by atoms with van der Waals surface area (Å²) in [6.45, 7) is 3.37. The Morgan fingerprint density at radius 2 is 2.16 bits per heavy atom. The average molecular weight is 306 g/mol. The first-order chi connectivity index (χ1) is 8.93. The smallest absolute Gasteiger partial charge is 0.263 e. The molecule has 0 atom stereocenters. The van der Waals surface area contributed by atoms with Crippen molar-refractivity contribution in [1.82, 2.24) is 4.57 Å². The van der Waals surface area contributed by atoms with Crippen molar-refractivity contribution >= 4 is 30.6 Å². The zero-order chi connectivity index (χ0) is 14.0. The first kappa shape index (κ1) is 14.3. The van der Waals surface area contributed by atoms with Crippen LogP contribution < -0.4 is 0 Å². The maximum absolute atomic E-state index is 13.2. The van der Waals surface area contributed by atoms with E-state index in [1.165, 1.54) is 24.4 Å². The molecule has 4 nitrogen and oxygen atoms in total. The van der Waals surface area contributed by atoms with Crippen LogP contribution in [0.1, 0.15) is 6.92 Å². The summed E-state index contributed by atoms with van der Waals surface area (Å²) in [5.74, 6) is -0.503. The van der Waals surface area contributed by atoms with Crippen molar-refractivity contribution in [3.8, 4) is 0 Å². The lowest BCUT2D eigenvalue weighted by Crippen LogP contribution is -2.04. The molecule has 0 spiro atoms. The van der Waals surface area contributed by atoms with Gasteiger partial charge in [0.2, 0.25) is 0 Å². The van der Waals surface area contributed by atoms with E-state index in [-0.39, 0.29) is 10.3 Å². The van der Waals surface area contributed by atoms with Gasteiger partial charge in [-0.15, -0.1) is 0 Å². The van der Waals surface area contributed by atoms with E-state index in [1.54, 1.807) is 4.57 Å². The van der Waals surface area contributed by atoms with Gasteiger partial charge in [-0.2, -0.15) is 0 Å². The van der Waals surface area contributed by atoms with Gasteiger partial charge in [0.05, 0.1) is 6.61 Å². The third kappa shape index (κ3) is 3.08. The fourth-order valence-electron chi connectivity index (χ4n) is 1.92. The van der Waals surface area contributed by atoms with Crippen molar-refractivity contribution < 1.29 is 17.5 Å². The topological polar surface area (TPSA) is 48.3 Å². The second-order valence-electron chi connectivity index (χ2n) is 3.98. The molecule has 0 amide bonds. The van der Waals surface area contributed by atoms with Gasteiger partial charge < -0.3 is 9.30 Å². The molecule has 1 heterocycles. The molecule has 0 aliphatic carbocycles. The lowest BCUT2D eigenvalue weighted by molar-refractivity contribution is 0.140. The van der Waals surface area contributed by atoms with E-state index in [4.69, 9.17) is 15.4 Å². The second kappa shape index (κ2) is 5.48. The molecule has 0 unspecified atom stereocenters. The van der Waals surface area contributed by atoms with Crippen LogP contribution in [0, 0.1) is 5.82 Å². The summed E-state index contributed by atoms with van der Waals surface area (Å²) in [5, 5.41) is 0.284. The molecule has 1 aromatic heterocycles. The number of fused-ring (bicyclic) bond motifs is 1. The first-order valence-electron chi connectivity index (χ1n) is 5.74. The van der Waals surface area contributed by atoms with Gasteiger partial charge in [0.15, 0.2) is 0 Å². The molecule has 0 radical (unpaired) electrons. The normalized spacial score (nSPS) is 12.2. The van der Waals surface area contributed by atoms with Crippen LogP contribution in [0.5, 0.6) is 0 Å². The van der Waals surface area contributed by atoms with Gasteiger partial charge in [-0.05, 0) is 25.1 Å². The first-order valence-corrected chi connectivity index (χ1v) is 8.05. The molecule has 0 fully saturated rings. The Bertz CT molecular complexity index is 696. The predicted molar refractivity (Wildman–Crippen MR) is 71.4 cm³/mol. The molecule has 2 rings (SSSR count). The molecule has 0 bridgehead atoms. The zero-order valence-electron chi connectivity index (χ0n) is 10.3. The molecule has 0 saturated carbocycles. The standard InChI is InChI=1S/C12H13ClFNO3S/c1-2-18-6-5-15-8-12(19(13,16)17)10-7-9(14)3-4-11(10)15/h3-4,7-8H,2,5-6H2,1H3. The highest BCUT2D eigenvalue weighted by Gasteiger charge is 2.19. The van der Waals surface area contributed by atoms with E-state index < -0.39 is 14.9 Å². The number of benzene rings is 1. The van der Waals surface area contributed by atoms with Crippen LogP contribution in [-0.4, -0.2) is 26.2 Å². The third-order valence-corrected chi connectivity index (χ3v) is 4.10. The second-order valence-corrected chi connectivity index (χ2v) is 6.52. The number of hydrogen-bond donors (Lipinski definition) is 0. The number of rotatable bonds is 5. The lowest BCUT2D eigenvalue weighted by Gasteiger charge is -2.04. The van der Waals surface area contributed by atoms with Crippen molar-refractivity contribution in [3.05, 3.63) is 30.2 Å². The Hall–Kier alpha value is -1.11. The van der Waals surface area contributed by atoms with Gasteiger partial charge in [0, 0.05) is 40.9 Å². The summed E-state index contributed by atoms with van der Waals surface area (Å²) in [5.41, 5.74) is 0.611.